The van der Waals surface area contributed by atoms with Crippen LogP contribution in [-0.2, 0) is 21.2 Å². The molecule has 2 aromatic heterocycles. The van der Waals surface area contributed by atoms with Crippen molar-refractivity contribution >= 4 is 58.4 Å². The molecule has 0 atom stereocenters. The van der Waals surface area contributed by atoms with Crippen molar-refractivity contribution in [2.75, 3.05) is 17.8 Å². The number of aromatic nitrogens is 2. The molecule has 0 unspecified atom stereocenters. The quantitative estimate of drug-likeness (QED) is 0.349. The highest BCUT2D eigenvalue weighted by molar-refractivity contribution is 9.10. The Labute approximate surface area is 197 Å². The van der Waals surface area contributed by atoms with Crippen LogP contribution in [0.4, 0.5) is 5.13 Å². The van der Waals surface area contributed by atoms with E-state index in [0.29, 0.717) is 16.6 Å². The van der Waals surface area contributed by atoms with Gasteiger partial charge in [0.1, 0.15) is 11.5 Å². The third-order valence-corrected chi connectivity index (χ3v) is 7.80. The lowest BCUT2D eigenvalue weighted by atomic mass is 10.3. The Bertz CT molecular complexity index is 1360. The van der Waals surface area contributed by atoms with Gasteiger partial charge in [-0.2, -0.15) is 0 Å². The molecule has 0 N–H and O–H groups in total. The fraction of sp³-hybridized carbons (Fsp3) is 0.136. The first-order valence-corrected chi connectivity index (χ1v) is 12.7. The molecule has 10 heteroatoms. The molecule has 2 heterocycles. The second-order valence-corrected chi connectivity index (χ2v) is 10.8. The summed E-state index contributed by atoms with van der Waals surface area (Å²) in [5, 5.41) is 0.415. The molecule has 0 radical (unpaired) electrons. The van der Waals surface area contributed by atoms with Gasteiger partial charge in [0, 0.05) is 10.7 Å². The predicted octanol–water partition coefficient (Wildman–Crippen LogP) is 4.47. The highest BCUT2D eigenvalue weighted by atomic mass is 79.9. The third kappa shape index (κ3) is 4.98. The Hall–Kier alpha value is -2.82. The molecule has 2 aromatic carbocycles. The van der Waals surface area contributed by atoms with Crippen LogP contribution in [0.2, 0.25) is 0 Å². The summed E-state index contributed by atoms with van der Waals surface area (Å²) in [6.07, 6.45) is 1.63. The van der Waals surface area contributed by atoms with Gasteiger partial charge in [-0.15, -0.1) is 0 Å². The topological polar surface area (TPSA) is 89.5 Å². The highest BCUT2D eigenvalue weighted by Gasteiger charge is 2.27. The molecule has 32 heavy (non-hydrogen) atoms. The van der Waals surface area contributed by atoms with Crippen molar-refractivity contribution in [1.29, 1.82) is 0 Å². The number of halogens is 1. The minimum atomic E-state index is -3.86. The summed E-state index contributed by atoms with van der Waals surface area (Å²) in [6, 6.07) is 17.0. The molecular weight excluding hydrogens is 514 g/mol. The molecule has 164 valence electrons. The molecule has 0 fully saturated rings. The molecule has 0 aliphatic rings. The predicted molar refractivity (Wildman–Crippen MR) is 128 cm³/mol. The Morgan fingerprint density at radius 1 is 1.12 bits per heavy atom. The first kappa shape index (κ1) is 22.4. The monoisotopic (exact) mass is 531 g/mol. The summed E-state index contributed by atoms with van der Waals surface area (Å²) in [7, 11) is -2.37. The molecule has 0 spiro atoms. The zero-order chi connectivity index (χ0) is 22.7. The normalized spacial score (nSPS) is 11.4. The smallest absolute Gasteiger partial charge is 0.244 e. The maximum Gasteiger partial charge on any atom is 0.244 e. The van der Waals surface area contributed by atoms with Crippen molar-refractivity contribution < 1.29 is 17.9 Å². The Morgan fingerprint density at radius 3 is 2.59 bits per heavy atom. The first-order valence-electron chi connectivity index (χ1n) is 9.49. The Balaban J connectivity index is 1.67. The number of carbonyl (C=O) groups excluding carboxylic acids is 1. The van der Waals surface area contributed by atoms with Gasteiger partial charge in [-0.3, -0.25) is 14.7 Å². The standard InChI is InChI=1S/C22H18BrN3O4S2/c1-30-17-6-8-18(9-7-17)32(28,29)14-21(27)26(13-16-4-2-3-11-24-16)22-25-19-10-5-15(23)12-20(19)31-22/h2-12H,13-14H2,1H3. The Kier molecular flexibility index (Phi) is 6.54. The number of benzene rings is 2. The number of anilines is 1. The SMILES string of the molecule is COc1ccc(S(=O)(=O)CC(=O)N(Cc2ccccn2)c2nc3ccc(Br)cc3s2)cc1. The van der Waals surface area contributed by atoms with E-state index in [0.717, 1.165) is 14.7 Å². The minimum absolute atomic E-state index is 0.0534. The summed E-state index contributed by atoms with van der Waals surface area (Å²) in [5.74, 6) is -0.733. The third-order valence-electron chi connectivity index (χ3n) is 4.65. The van der Waals surface area contributed by atoms with E-state index in [4.69, 9.17) is 4.74 Å². The number of thiazole rings is 1. The number of hydrogen-bond donors (Lipinski definition) is 0. The molecule has 7 nitrogen and oxygen atoms in total. The lowest BCUT2D eigenvalue weighted by Gasteiger charge is -2.19. The number of methoxy groups -OCH3 is 1. The van der Waals surface area contributed by atoms with E-state index in [1.54, 1.807) is 30.5 Å². The van der Waals surface area contributed by atoms with Gasteiger partial charge in [-0.25, -0.2) is 13.4 Å². The zero-order valence-corrected chi connectivity index (χ0v) is 20.2. The average molecular weight is 532 g/mol. The molecule has 0 saturated heterocycles. The first-order chi connectivity index (χ1) is 15.4. The number of hydrogen-bond acceptors (Lipinski definition) is 7. The lowest BCUT2D eigenvalue weighted by Crippen LogP contribution is -2.35. The molecule has 0 saturated carbocycles. The second-order valence-electron chi connectivity index (χ2n) is 6.84. The van der Waals surface area contributed by atoms with Crippen molar-refractivity contribution in [3.05, 3.63) is 77.0 Å². The number of ether oxygens (including phenoxy) is 1. The maximum atomic E-state index is 13.3. The number of nitrogens with zero attached hydrogens (tertiary/aromatic N) is 3. The molecular formula is C22H18BrN3O4S2. The van der Waals surface area contributed by atoms with Crippen LogP contribution in [0.25, 0.3) is 10.2 Å². The number of rotatable bonds is 7. The minimum Gasteiger partial charge on any atom is -0.497 e. The van der Waals surface area contributed by atoms with E-state index in [-0.39, 0.29) is 11.4 Å². The summed E-state index contributed by atoms with van der Waals surface area (Å²) in [5.41, 5.74) is 1.35. The molecule has 4 rings (SSSR count). The number of fused-ring (bicyclic) bond motifs is 1. The lowest BCUT2D eigenvalue weighted by molar-refractivity contribution is -0.116. The van der Waals surface area contributed by atoms with Crippen molar-refractivity contribution in [1.82, 2.24) is 9.97 Å². The molecule has 0 bridgehead atoms. The van der Waals surface area contributed by atoms with Crippen molar-refractivity contribution in [2.24, 2.45) is 0 Å². The van der Waals surface area contributed by atoms with Crippen LogP contribution >= 0.6 is 27.3 Å². The van der Waals surface area contributed by atoms with E-state index in [2.05, 4.69) is 25.9 Å². The van der Waals surface area contributed by atoms with Gasteiger partial charge in [-0.05, 0) is 54.6 Å². The van der Waals surface area contributed by atoms with Gasteiger partial charge in [0.15, 0.2) is 15.0 Å². The largest absolute Gasteiger partial charge is 0.497 e. The second kappa shape index (κ2) is 9.35. The zero-order valence-electron chi connectivity index (χ0n) is 16.9. The van der Waals surface area contributed by atoms with Crippen LogP contribution in [0.5, 0.6) is 5.75 Å². The van der Waals surface area contributed by atoms with Gasteiger partial charge in [0.2, 0.25) is 5.91 Å². The van der Waals surface area contributed by atoms with Crippen LogP contribution in [-0.4, -0.2) is 37.2 Å². The van der Waals surface area contributed by atoms with Crippen LogP contribution in [0, 0.1) is 0 Å². The van der Waals surface area contributed by atoms with E-state index < -0.39 is 21.5 Å². The van der Waals surface area contributed by atoms with Crippen molar-refractivity contribution in [3.63, 3.8) is 0 Å². The van der Waals surface area contributed by atoms with Gasteiger partial charge in [0.05, 0.1) is 34.5 Å². The Morgan fingerprint density at radius 2 is 1.91 bits per heavy atom. The maximum absolute atomic E-state index is 13.3. The number of amides is 1. The number of sulfone groups is 1. The fourth-order valence-corrected chi connectivity index (χ4v) is 5.76. The van der Waals surface area contributed by atoms with Crippen molar-refractivity contribution in [3.8, 4) is 5.75 Å². The molecule has 0 aliphatic carbocycles. The average Bonchev–Trinajstić information content (AvgIpc) is 3.20. The summed E-state index contributed by atoms with van der Waals surface area (Å²) in [6.45, 7) is 0.110. The summed E-state index contributed by atoms with van der Waals surface area (Å²) >= 11 is 4.76. The number of pyridine rings is 1. The van der Waals surface area contributed by atoms with E-state index >= 15 is 0 Å². The van der Waals surface area contributed by atoms with Crippen LogP contribution in [0.3, 0.4) is 0 Å². The van der Waals surface area contributed by atoms with Gasteiger partial charge in [0.25, 0.3) is 0 Å². The summed E-state index contributed by atoms with van der Waals surface area (Å²) in [4.78, 5) is 23.5. The number of carbonyl (C=O) groups is 1. The molecule has 1 amide bonds. The van der Waals surface area contributed by atoms with Crippen LogP contribution in [0.1, 0.15) is 5.69 Å². The van der Waals surface area contributed by atoms with E-state index in [9.17, 15) is 13.2 Å². The van der Waals surface area contributed by atoms with E-state index in [1.807, 2.05) is 24.3 Å². The highest BCUT2D eigenvalue weighted by Crippen LogP contribution is 2.32. The molecule has 0 aliphatic heterocycles. The molecule has 4 aromatic rings. The fourth-order valence-electron chi connectivity index (χ4n) is 3.02. The summed E-state index contributed by atoms with van der Waals surface area (Å²) < 4.78 is 32.7. The van der Waals surface area contributed by atoms with Crippen LogP contribution in [0.15, 0.2) is 76.2 Å². The van der Waals surface area contributed by atoms with Gasteiger partial charge >= 0.3 is 0 Å². The van der Waals surface area contributed by atoms with Gasteiger partial charge < -0.3 is 4.74 Å². The van der Waals surface area contributed by atoms with Gasteiger partial charge in [-0.1, -0.05) is 33.3 Å². The van der Waals surface area contributed by atoms with E-state index in [1.165, 1.54) is 35.5 Å². The van der Waals surface area contributed by atoms with Crippen LogP contribution < -0.4 is 9.64 Å². The van der Waals surface area contributed by atoms with Crippen molar-refractivity contribution in [2.45, 2.75) is 11.4 Å².